The molecule has 1 aliphatic rings. The molecule has 2 aromatic carbocycles. The minimum Gasteiger partial charge on any atom is -0.493 e. The second kappa shape index (κ2) is 10.8. The smallest absolute Gasteiger partial charge is 0.338 e. The number of benzene rings is 2. The van der Waals surface area contributed by atoms with E-state index in [-0.39, 0.29) is 23.3 Å². The van der Waals surface area contributed by atoms with E-state index in [0.717, 1.165) is 0 Å². The molecular formula is C27H26N2O7S. The van der Waals surface area contributed by atoms with Gasteiger partial charge in [-0.15, -0.1) is 0 Å². The first-order valence-corrected chi connectivity index (χ1v) is 12.4. The number of thiazole rings is 1. The fourth-order valence-electron chi connectivity index (χ4n) is 4.17. The number of allylic oxidation sites excluding steroid dienone is 1. The van der Waals surface area contributed by atoms with Crippen molar-refractivity contribution < 1.29 is 28.9 Å². The van der Waals surface area contributed by atoms with E-state index >= 15 is 0 Å². The lowest BCUT2D eigenvalue weighted by Gasteiger charge is -2.26. The number of hydrogen-bond donors (Lipinski definition) is 1. The summed E-state index contributed by atoms with van der Waals surface area (Å²) >= 11 is 1.18. The molecule has 4 rings (SSSR count). The van der Waals surface area contributed by atoms with E-state index in [2.05, 4.69) is 4.99 Å². The number of ether oxygens (including phenoxy) is 3. The summed E-state index contributed by atoms with van der Waals surface area (Å²) in [5.74, 6) is -0.709. The Bertz CT molecular complexity index is 1570. The largest absolute Gasteiger partial charge is 0.493 e. The predicted molar refractivity (Wildman–Crippen MR) is 138 cm³/mol. The van der Waals surface area contributed by atoms with Crippen molar-refractivity contribution in [2.45, 2.75) is 26.8 Å². The molecular weight excluding hydrogens is 496 g/mol. The molecule has 0 saturated heterocycles. The fourth-order valence-corrected chi connectivity index (χ4v) is 5.21. The lowest BCUT2D eigenvalue weighted by Crippen LogP contribution is -2.40. The van der Waals surface area contributed by atoms with Crippen LogP contribution in [0, 0.1) is 0 Å². The Labute approximate surface area is 216 Å². The highest BCUT2D eigenvalue weighted by Crippen LogP contribution is 2.40. The van der Waals surface area contributed by atoms with Crippen LogP contribution in [0.3, 0.4) is 0 Å². The van der Waals surface area contributed by atoms with Crippen LogP contribution in [0.5, 0.6) is 11.5 Å². The molecule has 1 aromatic heterocycles. The Balaban J connectivity index is 1.98. The van der Waals surface area contributed by atoms with Crippen molar-refractivity contribution in [1.82, 2.24) is 4.57 Å². The van der Waals surface area contributed by atoms with Crippen LogP contribution in [0.2, 0.25) is 0 Å². The first-order chi connectivity index (χ1) is 17.8. The van der Waals surface area contributed by atoms with Crippen LogP contribution in [0.15, 0.2) is 63.5 Å². The van der Waals surface area contributed by atoms with E-state index < -0.39 is 18.0 Å². The lowest BCUT2D eigenvalue weighted by molar-refractivity contribution is -0.139. The third kappa shape index (κ3) is 4.92. The molecule has 9 nitrogen and oxygen atoms in total. The van der Waals surface area contributed by atoms with Crippen molar-refractivity contribution in [3.8, 4) is 11.5 Å². The van der Waals surface area contributed by atoms with Gasteiger partial charge in [-0.05, 0) is 50.6 Å². The minimum absolute atomic E-state index is 0.148. The first kappa shape index (κ1) is 25.9. The number of aromatic carboxylic acids is 1. The highest BCUT2D eigenvalue weighted by Gasteiger charge is 2.35. The quantitative estimate of drug-likeness (QED) is 0.452. The van der Waals surface area contributed by atoms with Gasteiger partial charge in [-0.1, -0.05) is 35.6 Å². The van der Waals surface area contributed by atoms with Crippen molar-refractivity contribution in [2.24, 2.45) is 4.99 Å². The predicted octanol–water partition coefficient (Wildman–Crippen LogP) is 2.90. The molecule has 1 aliphatic heterocycles. The second-order valence-electron chi connectivity index (χ2n) is 8.04. The van der Waals surface area contributed by atoms with E-state index in [9.17, 15) is 14.4 Å². The fraction of sp³-hybridized carbons (Fsp3) is 0.259. The first-order valence-electron chi connectivity index (χ1n) is 11.6. The summed E-state index contributed by atoms with van der Waals surface area (Å²) in [6.45, 7) is 5.77. The van der Waals surface area contributed by atoms with Crippen LogP contribution in [-0.4, -0.2) is 41.9 Å². The van der Waals surface area contributed by atoms with E-state index in [1.165, 1.54) is 35.1 Å². The van der Waals surface area contributed by atoms with Crippen LogP contribution in [0.1, 0.15) is 48.3 Å². The highest BCUT2D eigenvalue weighted by molar-refractivity contribution is 7.07. The number of fused-ring (bicyclic) bond motifs is 1. The van der Waals surface area contributed by atoms with Gasteiger partial charge < -0.3 is 19.3 Å². The molecule has 0 radical (unpaired) electrons. The van der Waals surface area contributed by atoms with Crippen molar-refractivity contribution in [1.29, 1.82) is 0 Å². The maximum absolute atomic E-state index is 13.8. The summed E-state index contributed by atoms with van der Waals surface area (Å²) in [4.78, 5) is 43.1. The number of carbonyl (C=O) groups excluding carboxylic acids is 1. The van der Waals surface area contributed by atoms with Gasteiger partial charge >= 0.3 is 11.9 Å². The summed E-state index contributed by atoms with van der Waals surface area (Å²) in [6.07, 6.45) is 1.67. The monoisotopic (exact) mass is 522 g/mol. The number of hydrogen-bond acceptors (Lipinski definition) is 8. The molecule has 0 spiro atoms. The average Bonchev–Trinajstić information content (AvgIpc) is 3.18. The standard InChI is InChI=1S/C27H26N2O7S/c1-5-35-23-18(8-7-9-19(23)34-4)22-21(26(33)36-6-2)15(3)28-27-29(22)24(30)20(37-27)14-16-10-12-17(13-11-16)25(31)32/h7-14,22H,5-6H2,1-4H3,(H,31,32)/b20-14+/t22-/m1/s1. The van der Waals surface area contributed by atoms with E-state index in [1.54, 1.807) is 50.3 Å². The molecule has 0 aliphatic carbocycles. The number of nitrogens with zero attached hydrogens (tertiary/aromatic N) is 2. The number of carboxylic acids is 1. The summed E-state index contributed by atoms with van der Waals surface area (Å²) in [6, 6.07) is 10.7. The van der Waals surface area contributed by atoms with Gasteiger partial charge in [0.2, 0.25) is 0 Å². The normalized spacial score (nSPS) is 15.1. The molecule has 0 fully saturated rings. The third-order valence-corrected chi connectivity index (χ3v) is 6.77. The van der Waals surface area contributed by atoms with Gasteiger partial charge in [0, 0.05) is 5.56 Å². The molecule has 0 amide bonds. The molecule has 1 atom stereocenters. The molecule has 0 unspecified atom stereocenters. The zero-order valence-corrected chi connectivity index (χ0v) is 21.6. The maximum atomic E-state index is 13.8. The second-order valence-corrected chi connectivity index (χ2v) is 9.05. The molecule has 0 saturated carbocycles. The molecule has 0 bridgehead atoms. The Hall–Kier alpha value is -4.18. The zero-order valence-electron chi connectivity index (χ0n) is 20.8. The Morgan fingerprint density at radius 1 is 1.14 bits per heavy atom. The number of carboxylic acid groups (broad SMARTS) is 1. The molecule has 10 heteroatoms. The van der Waals surface area contributed by atoms with Crippen molar-refractivity contribution >= 4 is 29.4 Å². The van der Waals surface area contributed by atoms with Gasteiger partial charge in [-0.25, -0.2) is 14.6 Å². The summed E-state index contributed by atoms with van der Waals surface area (Å²) in [5.41, 5.74) is 1.69. The lowest BCUT2D eigenvalue weighted by atomic mass is 9.94. The van der Waals surface area contributed by atoms with Gasteiger partial charge in [0.15, 0.2) is 16.3 Å². The molecule has 2 heterocycles. The van der Waals surface area contributed by atoms with Crippen LogP contribution in [0.4, 0.5) is 0 Å². The van der Waals surface area contributed by atoms with Crippen LogP contribution in [0.25, 0.3) is 6.08 Å². The van der Waals surface area contributed by atoms with Crippen LogP contribution >= 0.6 is 11.3 Å². The van der Waals surface area contributed by atoms with E-state index in [0.29, 0.717) is 44.3 Å². The van der Waals surface area contributed by atoms with Crippen molar-refractivity contribution in [3.63, 3.8) is 0 Å². The molecule has 37 heavy (non-hydrogen) atoms. The van der Waals surface area contributed by atoms with E-state index in [1.807, 2.05) is 6.92 Å². The van der Waals surface area contributed by atoms with Gasteiger partial charge in [0.05, 0.1) is 41.7 Å². The minimum atomic E-state index is -1.03. The zero-order chi connectivity index (χ0) is 26.7. The maximum Gasteiger partial charge on any atom is 0.338 e. The highest BCUT2D eigenvalue weighted by atomic mass is 32.1. The van der Waals surface area contributed by atoms with Crippen molar-refractivity contribution in [2.75, 3.05) is 20.3 Å². The number of para-hydroxylation sites is 1. The number of carbonyl (C=O) groups is 2. The number of esters is 1. The number of methoxy groups -OCH3 is 1. The summed E-state index contributed by atoms with van der Waals surface area (Å²) in [7, 11) is 1.52. The topological polar surface area (TPSA) is 116 Å². The average molecular weight is 523 g/mol. The Kier molecular flexibility index (Phi) is 7.58. The van der Waals surface area contributed by atoms with Gasteiger partial charge in [-0.3, -0.25) is 9.36 Å². The van der Waals surface area contributed by atoms with Gasteiger partial charge in [0.1, 0.15) is 6.04 Å². The summed E-state index contributed by atoms with van der Waals surface area (Å²) in [5, 5.41) is 9.15. The SMILES string of the molecule is CCOC(=O)C1=C(C)N=c2s/c(=C/c3ccc(C(=O)O)cc3)c(=O)n2[C@@H]1c1cccc(OC)c1OCC. The number of aromatic nitrogens is 1. The Morgan fingerprint density at radius 2 is 1.86 bits per heavy atom. The molecule has 3 aromatic rings. The number of rotatable bonds is 8. The Morgan fingerprint density at radius 3 is 2.49 bits per heavy atom. The van der Waals surface area contributed by atoms with Crippen molar-refractivity contribution in [3.05, 3.63) is 90.1 Å². The third-order valence-electron chi connectivity index (χ3n) is 5.78. The van der Waals surface area contributed by atoms with Crippen LogP contribution in [-0.2, 0) is 9.53 Å². The molecule has 192 valence electrons. The van der Waals surface area contributed by atoms with Gasteiger partial charge in [0.25, 0.3) is 5.56 Å². The van der Waals surface area contributed by atoms with Crippen LogP contribution < -0.4 is 24.4 Å². The van der Waals surface area contributed by atoms with E-state index in [4.69, 9.17) is 19.3 Å². The summed E-state index contributed by atoms with van der Waals surface area (Å²) < 4.78 is 18.6. The van der Waals surface area contributed by atoms with Gasteiger partial charge in [-0.2, -0.15) is 0 Å². The molecule has 1 N–H and O–H groups in total.